The fraction of sp³-hybridized carbons (Fsp3) is 0.300. The van der Waals surface area contributed by atoms with E-state index in [1.54, 1.807) is 4.40 Å². The van der Waals surface area contributed by atoms with E-state index in [4.69, 9.17) is 5.73 Å². The molecule has 0 spiro atoms. The maximum Gasteiger partial charge on any atom is 0.271 e. The molecule has 2 heterocycles. The van der Waals surface area contributed by atoms with Crippen LogP contribution in [-0.2, 0) is 17.6 Å². The molecule has 0 bridgehead atoms. The van der Waals surface area contributed by atoms with Crippen molar-refractivity contribution in [2.75, 3.05) is 5.32 Å². The van der Waals surface area contributed by atoms with Gasteiger partial charge >= 0.3 is 0 Å². The molecule has 0 unspecified atom stereocenters. The molecule has 0 saturated heterocycles. The number of aromatic nitrogens is 3. The van der Waals surface area contributed by atoms with Crippen LogP contribution in [-0.4, -0.2) is 26.2 Å². The molecular weight excluding hydrogens is 342 g/mol. The van der Waals surface area contributed by atoms with Gasteiger partial charge in [-0.3, -0.25) is 14.0 Å². The maximum absolute atomic E-state index is 12.3. The van der Waals surface area contributed by atoms with Crippen molar-refractivity contribution in [1.29, 1.82) is 0 Å². The van der Waals surface area contributed by atoms with E-state index in [0.717, 1.165) is 29.1 Å². The summed E-state index contributed by atoms with van der Waals surface area (Å²) in [5, 5.41) is 2.92. The van der Waals surface area contributed by atoms with Crippen LogP contribution in [0.15, 0.2) is 30.6 Å². The number of nitrogens with two attached hydrogens (primary N) is 1. The van der Waals surface area contributed by atoms with E-state index in [1.807, 2.05) is 38.1 Å². The van der Waals surface area contributed by atoms with Gasteiger partial charge in [0.15, 0.2) is 11.3 Å². The highest BCUT2D eigenvalue weighted by Crippen LogP contribution is 2.19. The molecule has 0 aliphatic rings. The Morgan fingerprint density at radius 2 is 1.89 bits per heavy atom. The summed E-state index contributed by atoms with van der Waals surface area (Å²) in [7, 11) is 0. The van der Waals surface area contributed by atoms with Crippen LogP contribution in [0.3, 0.4) is 0 Å². The van der Waals surface area contributed by atoms with Crippen LogP contribution in [0.25, 0.3) is 5.65 Å². The number of imidazole rings is 1. The van der Waals surface area contributed by atoms with E-state index in [2.05, 4.69) is 22.2 Å². The number of hydrogen-bond acceptors (Lipinski definition) is 4. The number of rotatable bonds is 6. The molecule has 1 aromatic carbocycles. The molecule has 2 amide bonds. The second kappa shape index (κ2) is 7.57. The number of amides is 2. The summed E-state index contributed by atoms with van der Waals surface area (Å²) in [6.45, 7) is 5.88. The van der Waals surface area contributed by atoms with Gasteiger partial charge in [0.05, 0.1) is 0 Å². The zero-order valence-electron chi connectivity index (χ0n) is 15.7. The van der Waals surface area contributed by atoms with Crippen LogP contribution in [0.2, 0.25) is 0 Å². The number of nitrogens with one attached hydrogen (secondary N) is 1. The minimum absolute atomic E-state index is 0.0541. The van der Waals surface area contributed by atoms with Crippen molar-refractivity contribution in [1.82, 2.24) is 14.4 Å². The smallest absolute Gasteiger partial charge is 0.271 e. The molecule has 3 N–H and O–H groups in total. The highest BCUT2D eigenvalue weighted by molar-refractivity contribution is 5.96. The summed E-state index contributed by atoms with van der Waals surface area (Å²) in [6, 6.07) is 7.85. The van der Waals surface area contributed by atoms with Crippen LogP contribution in [0.5, 0.6) is 0 Å². The van der Waals surface area contributed by atoms with Crippen molar-refractivity contribution in [3.63, 3.8) is 0 Å². The molecule has 27 heavy (non-hydrogen) atoms. The molecule has 3 rings (SSSR count). The van der Waals surface area contributed by atoms with E-state index in [-0.39, 0.29) is 11.6 Å². The summed E-state index contributed by atoms with van der Waals surface area (Å²) in [4.78, 5) is 32.3. The molecule has 3 aromatic rings. The van der Waals surface area contributed by atoms with Crippen molar-refractivity contribution in [3.05, 3.63) is 58.8 Å². The molecule has 0 atom stereocenters. The SMILES string of the molecule is CCc1ccc(NC(=O)CCc2c(C)nc3c(C(N)=O)ncn3c2C)cc1. The lowest BCUT2D eigenvalue weighted by Crippen LogP contribution is -2.15. The monoisotopic (exact) mass is 365 g/mol. The van der Waals surface area contributed by atoms with Crippen molar-refractivity contribution >= 4 is 23.1 Å². The highest BCUT2D eigenvalue weighted by Gasteiger charge is 2.17. The number of carbonyl (C=O) groups is 2. The van der Waals surface area contributed by atoms with Gasteiger partial charge in [-0.2, -0.15) is 0 Å². The summed E-state index contributed by atoms with van der Waals surface area (Å²) >= 11 is 0. The van der Waals surface area contributed by atoms with Crippen molar-refractivity contribution in [2.45, 2.75) is 40.0 Å². The minimum atomic E-state index is -0.606. The third-order valence-electron chi connectivity index (χ3n) is 4.73. The Balaban J connectivity index is 1.74. The number of anilines is 1. The number of benzene rings is 1. The molecule has 0 fully saturated rings. The average molecular weight is 365 g/mol. The van der Waals surface area contributed by atoms with Crippen LogP contribution < -0.4 is 11.1 Å². The predicted molar refractivity (Wildman–Crippen MR) is 104 cm³/mol. The van der Waals surface area contributed by atoms with E-state index in [1.165, 1.54) is 11.9 Å². The number of hydrogen-bond donors (Lipinski definition) is 2. The number of aryl methyl sites for hydroxylation is 3. The lowest BCUT2D eigenvalue weighted by molar-refractivity contribution is -0.116. The Kier molecular flexibility index (Phi) is 5.21. The van der Waals surface area contributed by atoms with Crippen molar-refractivity contribution in [3.8, 4) is 0 Å². The molecule has 0 aliphatic heterocycles. The number of primary amides is 1. The highest BCUT2D eigenvalue weighted by atomic mass is 16.2. The van der Waals surface area contributed by atoms with E-state index in [9.17, 15) is 9.59 Å². The largest absolute Gasteiger partial charge is 0.364 e. The van der Waals surface area contributed by atoms with Gasteiger partial charge in [-0.1, -0.05) is 19.1 Å². The Labute approximate surface area is 157 Å². The van der Waals surface area contributed by atoms with E-state index < -0.39 is 5.91 Å². The van der Waals surface area contributed by atoms with Gasteiger partial charge in [-0.25, -0.2) is 9.97 Å². The second-order valence-electron chi connectivity index (χ2n) is 6.51. The lowest BCUT2D eigenvalue weighted by Gasteiger charge is -2.12. The standard InChI is InChI=1S/C20H23N5O2/c1-4-14-5-7-15(8-6-14)24-17(26)10-9-16-12(2)23-20-18(19(21)27)22-11-25(20)13(16)3/h5-8,11H,4,9-10H2,1-3H3,(H2,21,27)(H,24,26). The zero-order chi connectivity index (χ0) is 19.6. The van der Waals surface area contributed by atoms with Gasteiger partial charge in [-0.15, -0.1) is 0 Å². The Morgan fingerprint density at radius 1 is 1.19 bits per heavy atom. The van der Waals surface area contributed by atoms with E-state index in [0.29, 0.717) is 18.5 Å². The van der Waals surface area contributed by atoms with Gasteiger partial charge in [0.2, 0.25) is 5.91 Å². The molecule has 2 aromatic heterocycles. The first-order valence-corrected chi connectivity index (χ1v) is 8.92. The van der Waals surface area contributed by atoms with Crippen LogP contribution in [0, 0.1) is 13.8 Å². The topological polar surface area (TPSA) is 102 Å². The third-order valence-corrected chi connectivity index (χ3v) is 4.73. The van der Waals surface area contributed by atoms with Gasteiger partial charge in [0.1, 0.15) is 6.33 Å². The molecule has 0 saturated carbocycles. The number of fused-ring (bicyclic) bond motifs is 1. The first kappa shape index (κ1) is 18.6. The van der Waals surface area contributed by atoms with Gasteiger partial charge in [-0.05, 0) is 49.9 Å². The molecule has 7 nitrogen and oxygen atoms in total. The zero-order valence-corrected chi connectivity index (χ0v) is 15.7. The molecular formula is C20H23N5O2. The minimum Gasteiger partial charge on any atom is -0.364 e. The third kappa shape index (κ3) is 3.81. The predicted octanol–water partition coefficient (Wildman–Crippen LogP) is 2.58. The lowest BCUT2D eigenvalue weighted by atomic mass is 10.1. The number of carbonyl (C=O) groups excluding carboxylic acids is 2. The second-order valence-corrected chi connectivity index (χ2v) is 6.51. The van der Waals surface area contributed by atoms with Crippen LogP contribution in [0.4, 0.5) is 5.69 Å². The summed E-state index contributed by atoms with van der Waals surface area (Å²) < 4.78 is 1.74. The quantitative estimate of drug-likeness (QED) is 0.701. The summed E-state index contributed by atoms with van der Waals surface area (Å²) in [5.41, 5.74) is 10.6. The summed E-state index contributed by atoms with van der Waals surface area (Å²) in [6.07, 6.45) is 3.38. The molecule has 0 aliphatic carbocycles. The molecule has 140 valence electrons. The van der Waals surface area contributed by atoms with E-state index >= 15 is 0 Å². The Hall–Kier alpha value is -3.22. The number of nitrogens with zero attached hydrogens (tertiary/aromatic N) is 3. The maximum atomic E-state index is 12.3. The Bertz CT molecular complexity index is 1010. The normalized spacial score (nSPS) is 10.9. The molecule has 0 radical (unpaired) electrons. The Morgan fingerprint density at radius 3 is 2.52 bits per heavy atom. The van der Waals surface area contributed by atoms with Crippen molar-refractivity contribution < 1.29 is 9.59 Å². The van der Waals surface area contributed by atoms with Gasteiger partial charge in [0, 0.05) is 23.5 Å². The average Bonchev–Trinajstić information content (AvgIpc) is 3.06. The summed E-state index contributed by atoms with van der Waals surface area (Å²) in [5.74, 6) is -0.661. The van der Waals surface area contributed by atoms with Gasteiger partial charge in [0.25, 0.3) is 5.91 Å². The fourth-order valence-corrected chi connectivity index (χ4v) is 3.15. The van der Waals surface area contributed by atoms with Crippen molar-refractivity contribution in [2.24, 2.45) is 5.73 Å². The van der Waals surface area contributed by atoms with Crippen LogP contribution in [0.1, 0.15) is 46.3 Å². The fourth-order valence-electron chi connectivity index (χ4n) is 3.15. The molecule has 7 heteroatoms. The first-order chi connectivity index (χ1) is 12.9. The van der Waals surface area contributed by atoms with Gasteiger partial charge < -0.3 is 11.1 Å². The first-order valence-electron chi connectivity index (χ1n) is 8.92. The van der Waals surface area contributed by atoms with Crippen LogP contribution >= 0.6 is 0 Å².